The van der Waals surface area contributed by atoms with Crippen molar-refractivity contribution in [3.63, 3.8) is 0 Å². The molecule has 0 N–H and O–H groups in total. The van der Waals surface area contributed by atoms with Crippen LogP contribution in [-0.2, 0) is 57.0 Å². The Bertz CT molecular complexity index is 626. The van der Waals surface area contributed by atoms with E-state index in [0.29, 0.717) is 106 Å². The Morgan fingerprint density at radius 1 is 0.535 bits per heavy atom. The third-order valence-corrected chi connectivity index (χ3v) is 5.68. The van der Waals surface area contributed by atoms with Crippen molar-refractivity contribution in [2.75, 3.05) is 112 Å². The summed E-state index contributed by atoms with van der Waals surface area (Å²) in [6, 6.07) is 0. The van der Waals surface area contributed by atoms with Crippen molar-refractivity contribution in [3.8, 4) is 0 Å². The molecule has 1 atom stereocenters. The third-order valence-electron chi connectivity index (χ3n) is 5.68. The molecular weight excluding hydrogens is 564 g/mol. The summed E-state index contributed by atoms with van der Waals surface area (Å²) >= 11 is 0. The van der Waals surface area contributed by atoms with Crippen LogP contribution < -0.4 is 0 Å². The van der Waals surface area contributed by atoms with Crippen molar-refractivity contribution in [3.05, 3.63) is 0 Å². The zero-order valence-electron chi connectivity index (χ0n) is 27.5. The summed E-state index contributed by atoms with van der Waals surface area (Å²) in [5, 5.41) is 0. The van der Waals surface area contributed by atoms with E-state index in [1.54, 1.807) is 0 Å². The molecular formula is C31H60O12. The molecule has 0 radical (unpaired) electrons. The molecule has 0 aromatic rings. The SMILES string of the molecule is CCCCC(CC)C(=O)OCCOCCOCCOCCOCCOCCOCCOCCOCCC(=O)OC(C)(C)C. The molecule has 0 aliphatic heterocycles. The molecule has 0 aromatic heterocycles. The highest BCUT2D eigenvalue weighted by molar-refractivity contribution is 5.72. The van der Waals surface area contributed by atoms with Gasteiger partial charge in [0.05, 0.1) is 118 Å². The molecule has 12 nitrogen and oxygen atoms in total. The lowest BCUT2D eigenvalue weighted by Gasteiger charge is -2.19. The predicted octanol–water partition coefficient (Wildman–Crippen LogP) is 3.61. The van der Waals surface area contributed by atoms with E-state index in [9.17, 15) is 9.59 Å². The summed E-state index contributed by atoms with van der Waals surface area (Å²) in [7, 11) is 0. The molecule has 256 valence electrons. The number of hydrogen-bond donors (Lipinski definition) is 0. The summed E-state index contributed by atoms with van der Waals surface area (Å²) in [5.74, 6) is -0.394. The van der Waals surface area contributed by atoms with Crippen molar-refractivity contribution in [1.82, 2.24) is 0 Å². The lowest BCUT2D eigenvalue weighted by Crippen LogP contribution is -2.24. The molecule has 0 aliphatic carbocycles. The smallest absolute Gasteiger partial charge is 0.308 e. The lowest BCUT2D eigenvalue weighted by atomic mass is 10.00. The van der Waals surface area contributed by atoms with Gasteiger partial charge in [0.1, 0.15) is 12.2 Å². The number of carbonyl (C=O) groups is 2. The molecule has 0 aromatic carbocycles. The van der Waals surface area contributed by atoms with Crippen LogP contribution in [0.3, 0.4) is 0 Å². The standard InChI is InChI=1S/C31H60O12/c1-6-8-9-28(7-2)30(33)42-27-26-41-25-24-40-23-22-39-21-20-38-19-18-37-17-16-36-15-14-35-13-12-34-11-10-29(32)43-31(3,4)5/h28H,6-27H2,1-5H3. The van der Waals surface area contributed by atoms with Gasteiger partial charge in [-0.25, -0.2) is 0 Å². The van der Waals surface area contributed by atoms with Crippen LogP contribution in [0.25, 0.3) is 0 Å². The van der Waals surface area contributed by atoms with Crippen LogP contribution in [0.5, 0.6) is 0 Å². The Morgan fingerprint density at radius 3 is 1.21 bits per heavy atom. The minimum atomic E-state index is -0.474. The molecule has 12 heteroatoms. The van der Waals surface area contributed by atoms with Crippen LogP contribution >= 0.6 is 0 Å². The van der Waals surface area contributed by atoms with E-state index in [4.69, 9.17) is 47.4 Å². The van der Waals surface area contributed by atoms with Crippen LogP contribution in [-0.4, -0.2) is 130 Å². The molecule has 0 heterocycles. The maximum Gasteiger partial charge on any atom is 0.308 e. The molecule has 0 fully saturated rings. The summed E-state index contributed by atoms with van der Waals surface area (Å²) in [6.45, 7) is 17.2. The number of rotatable bonds is 32. The zero-order chi connectivity index (χ0) is 31.9. The number of carbonyl (C=O) groups excluding carboxylic acids is 2. The second-order valence-corrected chi connectivity index (χ2v) is 10.7. The molecule has 43 heavy (non-hydrogen) atoms. The predicted molar refractivity (Wildman–Crippen MR) is 161 cm³/mol. The van der Waals surface area contributed by atoms with Gasteiger partial charge in [0.2, 0.25) is 0 Å². The summed E-state index contributed by atoms with van der Waals surface area (Å²) in [5.41, 5.74) is -0.474. The third kappa shape index (κ3) is 31.8. The Kier molecular flexibility index (Phi) is 29.7. The van der Waals surface area contributed by atoms with Gasteiger partial charge in [0, 0.05) is 0 Å². The molecule has 1 unspecified atom stereocenters. The maximum absolute atomic E-state index is 12.0. The fraction of sp³-hybridized carbons (Fsp3) is 0.935. The van der Waals surface area contributed by atoms with E-state index in [2.05, 4.69) is 6.92 Å². The summed E-state index contributed by atoms with van der Waals surface area (Å²) in [4.78, 5) is 23.5. The van der Waals surface area contributed by atoms with Crippen molar-refractivity contribution in [2.45, 2.75) is 72.3 Å². The number of hydrogen-bond acceptors (Lipinski definition) is 12. The van der Waals surface area contributed by atoms with E-state index in [0.717, 1.165) is 25.7 Å². The fourth-order valence-corrected chi connectivity index (χ4v) is 3.45. The van der Waals surface area contributed by atoms with Crippen LogP contribution in [0.2, 0.25) is 0 Å². The Hall–Kier alpha value is -1.38. The van der Waals surface area contributed by atoms with Crippen molar-refractivity contribution < 1.29 is 57.0 Å². The van der Waals surface area contributed by atoms with Gasteiger partial charge in [0.15, 0.2) is 0 Å². The monoisotopic (exact) mass is 624 g/mol. The highest BCUT2D eigenvalue weighted by Gasteiger charge is 2.17. The average molecular weight is 625 g/mol. The van der Waals surface area contributed by atoms with Gasteiger partial charge in [-0.3, -0.25) is 9.59 Å². The van der Waals surface area contributed by atoms with E-state index in [1.807, 2.05) is 27.7 Å². The zero-order valence-corrected chi connectivity index (χ0v) is 27.5. The molecule has 0 saturated carbocycles. The Morgan fingerprint density at radius 2 is 0.884 bits per heavy atom. The number of ether oxygens (including phenoxy) is 10. The molecule has 0 aliphatic rings. The first-order chi connectivity index (χ1) is 20.8. The lowest BCUT2D eigenvalue weighted by molar-refractivity contribution is -0.156. The van der Waals surface area contributed by atoms with Gasteiger partial charge < -0.3 is 47.4 Å². The average Bonchev–Trinajstić information content (AvgIpc) is 2.96. The van der Waals surface area contributed by atoms with E-state index >= 15 is 0 Å². The normalized spacial score (nSPS) is 12.4. The van der Waals surface area contributed by atoms with Crippen LogP contribution in [0.1, 0.15) is 66.7 Å². The van der Waals surface area contributed by atoms with Crippen LogP contribution in [0, 0.1) is 5.92 Å². The van der Waals surface area contributed by atoms with Crippen molar-refractivity contribution >= 4 is 11.9 Å². The molecule has 0 spiro atoms. The Labute approximate surface area is 259 Å². The second-order valence-electron chi connectivity index (χ2n) is 10.7. The molecule has 0 saturated heterocycles. The van der Waals surface area contributed by atoms with Gasteiger partial charge in [-0.1, -0.05) is 26.7 Å². The van der Waals surface area contributed by atoms with Crippen molar-refractivity contribution in [1.29, 1.82) is 0 Å². The number of unbranched alkanes of at least 4 members (excludes halogenated alkanes) is 1. The van der Waals surface area contributed by atoms with Crippen molar-refractivity contribution in [2.24, 2.45) is 5.92 Å². The summed E-state index contributed by atoms with van der Waals surface area (Å²) < 4.78 is 54.0. The largest absolute Gasteiger partial charge is 0.463 e. The van der Waals surface area contributed by atoms with E-state index < -0.39 is 5.60 Å². The molecule has 0 bridgehead atoms. The molecule has 0 amide bonds. The minimum absolute atomic E-state index is 0.00526. The van der Waals surface area contributed by atoms with Gasteiger partial charge in [0.25, 0.3) is 0 Å². The Balaban J connectivity index is 3.21. The second kappa shape index (κ2) is 30.6. The topological polar surface area (TPSA) is 126 Å². The first kappa shape index (κ1) is 41.6. The van der Waals surface area contributed by atoms with E-state index in [1.165, 1.54) is 0 Å². The first-order valence-electron chi connectivity index (χ1n) is 15.8. The summed E-state index contributed by atoms with van der Waals surface area (Å²) in [6.07, 6.45) is 4.06. The van der Waals surface area contributed by atoms with Gasteiger partial charge in [-0.05, 0) is 33.6 Å². The fourth-order valence-electron chi connectivity index (χ4n) is 3.45. The first-order valence-corrected chi connectivity index (χ1v) is 15.8. The van der Waals surface area contributed by atoms with Gasteiger partial charge >= 0.3 is 11.9 Å². The quantitative estimate of drug-likeness (QED) is 0.0802. The highest BCUT2D eigenvalue weighted by Crippen LogP contribution is 2.14. The van der Waals surface area contributed by atoms with Crippen LogP contribution in [0.4, 0.5) is 0 Å². The maximum atomic E-state index is 12.0. The molecule has 0 rings (SSSR count). The van der Waals surface area contributed by atoms with Crippen LogP contribution in [0.15, 0.2) is 0 Å². The van der Waals surface area contributed by atoms with Gasteiger partial charge in [-0.15, -0.1) is 0 Å². The van der Waals surface area contributed by atoms with Gasteiger partial charge in [-0.2, -0.15) is 0 Å². The minimum Gasteiger partial charge on any atom is -0.463 e. The van der Waals surface area contributed by atoms with E-state index in [-0.39, 0.29) is 30.9 Å². The number of esters is 2. The highest BCUT2D eigenvalue weighted by atomic mass is 16.6.